The van der Waals surface area contributed by atoms with Crippen molar-refractivity contribution in [2.75, 3.05) is 18.5 Å². The number of hydrogen-bond acceptors (Lipinski definition) is 3. The van der Waals surface area contributed by atoms with Crippen LogP contribution < -0.4 is 14.8 Å². The van der Waals surface area contributed by atoms with Gasteiger partial charge in [-0.05, 0) is 55.0 Å². The van der Waals surface area contributed by atoms with Gasteiger partial charge >= 0.3 is 0 Å². The molecule has 0 unspecified atom stereocenters. The summed E-state index contributed by atoms with van der Waals surface area (Å²) in [5.41, 5.74) is 2.28. The molecule has 0 spiro atoms. The van der Waals surface area contributed by atoms with E-state index in [0.717, 1.165) is 49.3 Å². The zero-order chi connectivity index (χ0) is 20.3. The molecule has 3 nitrogen and oxygen atoms in total. The van der Waals surface area contributed by atoms with Crippen LogP contribution in [0.2, 0.25) is 0 Å². The lowest BCUT2D eigenvalue weighted by molar-refractivity contribution is 0.246. The van der Waals surface area contributed by atoms with Gasteiger partial charge in [0.15, 0.2) is 0 Å². The van der Waals surface area contributed by atoms with E-state index in [4.69, 9.17) is 9.47 Å². The number of para-hydroxylation sites is 1. The van der Waals surface area contributed by atoms with E-state index < -0.39 is 0 Å². The Hall–Kier alpha value is -2.16. The van der Waals surface area contributed by atoms with Crippen molar-refractivity contribution in [3.05, 3.63) is 54.1 Å². The van der Waals surface area contributed by atoms with Gasteiger partial charge in [0.25, 0.3) is 0 Å². The van der Waals surface area contributed by atoms with Gasteiger partial charge in [-0.15, -0.1) is 0 Å². The van der Waals surface area contributed by atoms with Gasteiger partial charge in [-0.2, -0.15) is 0 Å². The predicted molar refractivity (Wildman–Crippen MR) is 122 cm³/mol. The van der Waals surface area contributed by atoms with Crippen molar-refractivity contribution in [1.82, 2.24) is 0 Å². The van der Waals surface area contributed by atoms with Gasteiger partial charge in [0.1, 0.15) is 11.5 Å². The van der Waals surface area contributed by atoms with Gasteiger partial charge < -0.3 is 14.8 Å². The molecule has 29 heavy (non-hydrogen) atoms. The number of benzene rings is 2. The van der Waals surface area contributed by atoms with Crippen molar-refractivity contribution >= 4 is 5.69 Å². The number of ether oxygens (including phenoxy) is 2. The molecule has 1 N–H and O–H groups in total. The molecule has 3 heteroatoms. The van der Waals surface area contributed by atoms with Gasteiger partial charge in [-0.25, -0.2) is 0 Å². The Bertz CT molecular complexity index is 705. The first-order valence-electron chi connectivity index (χ1n) is 11.4. The van der Waals surface area contributed by atoms with Crippen LogP contribution >= 0.6 is 0 Å². The maximum atomic E-state index is 5.99. The Morgan fingerprint density at radius 2 is 1.66 bits per heavy atom. The van der Waals surface area contributed by atoms with E-state index in [9.17, 15) is 0 Å². The lowest BCUT2D eigenvalue weighted by atomic mass is 9.87. The molecule has 1 aliphatic carbocycles. The largest absolute Gasteiger partial charge is 0.494 e. The molecule has 0 aliphatic heterocycles. The fraction of sp³-hybridized carbons (Fsp3) is 0.538. The first-order valence-corrected chi connectivity index (χ1v) is 11.4. The average Bonchev–Trinajstić information content (AvgIpc) is 2.74. The Morgan fingerprint density at radius 1 is 0.897 bits per heavy atom. The third-order valence-electron chi connectivity index (χ3n) is 5.78. The summed E-state index contributed by atoms with van der Waals surface area (Å²) in [7, 11) is 0. The second kappa shape index (κ2) is 11.7. The SMILES string of the molecule is CC(C)CCOc1ccccc1CNc1ccc(OCCC2CCCCC2)cc1. The molecule has 3 rings (SSSR count). The van der Waals surface area contributed by atoms with Gasteiger partial charge in [-0.1, -0.05) is 64.2 Å². The molecule has 0 atom stereocenters. The molecular formula is C26H37NO2. The fourth-order valence-corrected chi connectivity index (χ4v) is 3.88. The zero-order valence-corrected chi connectivity index (χ0v) is 18.2. The minimum Gasteiger partial charge on any atom is -0.494 e. The Balaban J connectivity index is 1.43. The second-order valence-corrected chi connectivity index (χ2v) is 8.66. The van der Waals surface area contributed by atoms with Crippen LogP contribution in [0.4, 0.5) is 5.69 Å². The van der Waals surface area contributed by atoms with Crippen LogP contribution in [-0.4, -0.2) is 13.2 Å². The summed E-state index contributed by atoms with van der Waals surface area (Å²) >= 11 is 0. The van der Waals surface area contributed by atoms with E-state index in [1.807, 2.05) is 6.07 Å². The molecule has 1 aliphatic rings. The van der Waals surface area contributed by atoms with Crippen LogP contribution in [0.3, 0.4) is 0 Å². The maximum absolute atomic E-state index is 5.99. The van der Waals surface area contributed by atoms with Crippen LogP contribution in [0.1, 0.15) is 64.4 Å². The molecule has 1 fully saturated rings. The topological polar surface area (TPSA) is 30.5 Å². The maximum Gasteiger partial charge on any atom is 0.124 e. The first-order chi connectivity index (χ1) is 14.2. The molecule has 0 saturated heterocycles. The smallest absolute Gasteiger partial charge is 0.124 e. The van der Waals surface area contributed by atoms with Crippen LogP contribution in [0.15, 0.2) is 48.5 Å². The van der Waals surface area contributed by atoms with E-state index in [2.05, 4.69) is 61.6 Å². The number of anilines is 1. The highest BCUT2D eigenvalue weighted by atomic mass is 16.5. The van der Waals surface area contributed by atoms with Crippen molar-refractivity contribution in [2.24, 2.45) is 11.8 Å². The molecule has 158 valence electrons. The number of rotatable bonds is 11. The highest BCUT2D eigenvalue weighted by Crippen LogP contribution is 2.27. The summed E-state index contributed by atoms with van der Waals surface area (Å²) in [6.45, 7) is 6.79. The van der Waals surface area contributed by atoms with Crippen LogP contribution in [0.5, 0.6) is 11.5 Å². The third kappa shape index (κ3) is 7.64. The molecule has 0 heterocycles. The van der Waals surface area contributed by atoms with Crippen molar-refractivity contribution < 1.29 is 9.47 Å². The monoisotopic (exact) mass is 395 g/mol. The summed E-state index contributed by atoms with van der Waals surface area (Å²) in [5, 5.41) is 3.50. The third-order valence-corrected chi connectivity index (χ3v) is 5.78. The number of hydrogen-bond donors (Lipinski definition) is 1. The van der Waals surface area contributed by atoms with Crippen molar-refractivity contribution in [2.45, 2.75) is 65.3 Å². The standard InChI is InChI=1S/C26H37NO2/c1-21(2)16-18-29-26-11-7-6-10-23(26)20-27-24-12-14-25(15-13-24)28-19-17-22-8-4-3-5-9-22/h6-7,10-15,21-22,27H,3-5,8-9,16-20H2,1-2H3. The lowest BCUT2D eigenvalue weighted by Gasteiger charge is -2.21. The molecule has 0 radical (unpaired) electrons. The minimum absolute atomic E-state index is 0.656. The van der Waals surface area contributed by atoms with E-state index in [1.165, 1.54) is 44.1 Å². The van der Waals surface area contributed by atoms with Crippen LogP contribution in [0.25, 0.3) is 0 Å². The molecule has 0 bridgehead atoms. The molecule has 2 aromatic carbocycles. The Morgan fingerprint density at radius 3 is 2.41 bits per heavy atom. The lowest BCUT2D eigenvalue weighted by Crippen LogP contribution is -2.10. The van der Waals surface area contributed by atoms with Crippen molar-refractivity contribution in [3.8, 4) is 11.5 Å². The normalized spacial score (nSPS) is 14.7. The van der Waals surface area contributed by atoms with Gasteiger partial charge in [0, 0.05) is 17.8 Å². The van der Waals surface area contributed by atoms with Gasteiger partial charge in [0.05, 0.1) is 13.2 Å². The summed E-state index contributed by atoms with van der Waals surface area (Å²) in [5.74, 6) is 3.46. The highest BCUT2D eigenvalue weighted by Gasteiger charge is 2.13. The molecule has 0 amide bonds. The van der Waals surface area contributed by atoms with Gasteiger partial charge in [0.2, 0.25) is 0 Å². The molecular weight excluding hydrogens is 358 g/mol. The molecule has 2 aromatic rings. The summed E-state index contributed by atoms with van der Waals surface area (Å²) in [6.07, 6.45) is 9.25. The Labute approximate surface area is 176 Å². The molecule has 1 saturated carbocycles. The quantitative estimate of drug-likeness (QED) is 0.441. The van der Waals surface area contributed by atoms with Crippen molar-refractivity contribution in [3.63, 3.8) is 0 Å². The minimum atomic E-state index is 0.656. The first kappa shape index (κ1) is 21.5. The number of nitrogens with one attached hydrogen (secondary N) is 1. The van der Waals surface area contributed by atoms with E-state index in [1.54, 1.807) is 0 Å². The average molecular weight is 396 g/mol. The van der Waals surface area contributed by atoms with Crippen LogP contribution in [-0.2, 0) is 6.54 Å². The van der Waals surface area contributed by atoms with Gasteiger partial charge in [-0.3, -0.25) is 0 Å². The zero-order valence-electron chi connectivity index (χ0n) is 18.2. The van der Waals surface area contributed by atoms with Crippen molar-refractivity contribution in [1.29, 1.82) is 0 Å². The summed E-state index contributed by atoms with van der Waals surface area (Å²) in [6, 6.07) is 16.6. The molecule has 0 aromatic heterocycles. The fourth-order valence-electron chi connectivity index (χ4n) is 3.88. The van der Waals surface area contributed by atoms with E-state index in [-0.39, 0.29) is 0 Å². The second-order valence-electron chi connectivity index (χ2n) is 8.66. The Kier molecular flexibility index (Phi) is 8.73. The summed E-state index contributed by atoms with van der Waals surface area (Å²) < 4.78 is 12.0. The van der Waals surface area contributed by atoms with Crippen LogP contribution in [0, 0.1) is 11.8 Å². The van der Waals surface area contributed by atoms with E-state index >= 15 is 0 Å². The predicted octanol–water partition coefficient (Wildman–Crippen LogP) is 7.07. The highest BCUT2D eigenvalue weighted by molar-refractivity contribution is 5.47. The summed E-state index contributed by atoms with van der Waals surface area (Å²) in [4.78, 5) is 0. The van der Waals surface area contributed by atoms with E-state index in [0.29, 0.717) is 5.92 Å².